The normalized spacial score (nSPS) is 18.9. The van der Waals surface area contributed by atoms with Gasteiger partial charge < -0.3 is 9.73 Å². The predicted octanol–water partition coefficient (Wildman–Crippen LogP) is 4.58. The van der Waals surface area contributed by atoms with Crippen LogP contribution >= 0.6 is 0 Å². The molecule has 3 aromatic rings. The Bertz CT molecular complexity index is 861. The highest BCUT2D eigenvalue weighted by Crippen LogP contribution is 2.41. The van der Waals surface area contributed by atoms with Crippen LogP contribution in [-0.4, -0.2) is 9.78 Å². The lowest BCUT2D eigenvalue weighted by molar-refractivity contribution is 0.252. The van der Waals surface area contributed by atoms with Gasteiger partial charge in [0.25, 0.3) is 0 Å². The van der Waals surface area contributed by atoms with Gasteiger partial charge in [0, 0.05) is 29.4 Å². The molecule has 0 bridgehead atoms. The van der Waals surface area contributed by atoms with Crippen LogP contribution in [0.15, 0.2) is 53.5 Å². The number of hydrogen-bond acceptors (Lipinski definition) is 3. The van der Waals surface area contributed by atoms with Crippen LogP contribution in [0.25, 0.3) is 5.69 Å². The van der Waals surface area contributed by atoms with E-state index in [1.165, 1.54) is 28.1 Å². The van der Waals surface area contributed by atoms with Crippen LogP contribution in [0.2, 0.25) is 0 Å². The third-order valence-electron chi connectivity index (χ3n) is 5.16. The Labute approximate surface area is 148 Å². The summed E-state index contributed by atoms with van der Waals surface area (Å²) in [4.78, 5) is 0. The molecule has 4 rings (SSSR count). The van der Waals surface area contributed by atoms with Crippen molar-refractivity contribution in [3.63, 3.8) is 0 Å². The molecule has 1 unspecified atom stereocenters. The second kappa shape index (κ2) is 6.19. The van der Waals surface area contributed by atoms with E-state index in [1.54, 1.807) is 12.5 Å². The number of furan rings is 1. The molecule has 2 aromatic heterocycles. The van der Waals surface area contributed by atoms with Gasteiger partial charge in [0.2, 0.25) is 0 Å². The lowest BCUT2D eigenvalue weighted by atomic mass is 9.74. The van der Waals surface area contributed by atoms with Crippen molar-refractivity contribution in [2.45, 2.75) is 46.2 Å². The number of benzene rings is 1. The van der Waals surface area contributed by atoms with Gasteiger partial charge in [-0.15, -0.1) is 0 Å². The van der Waals surface area contributed by atoms with Crippen molar-refractivity contribution >= 4 is 0 Å². The SMILES string of the molecule is Cc1ccccc1-n1ncc2c1CC(C)(C)CC2NCc1ccoc1. The maximum Gasteiger partial charge on any atom is 0.0947 e. The molecule has 1 aromatic carbocycles. The van der Waals surface area contributed by atoms with Crippen LogP contribution in [0, 0.1) is 12.3 Å². The molecule has 1 N–H and O–H groups in total. The highest BCUT2D eigenvalue weighted by Gasteiger charge is 2.35. The predicted molar refractivity (Wildman–Crippen MR) is 98.7 cm³/mol. The molecule has 0 spiro atoms. The molecule has 0 saturated heterocycles. The molecule has 2 heterocycles. The standard InChI is InChI=1S/C21H25N3O/c1-15-6-4-5-7-19(15)24-20-11-21(2,3)10-18(17(20)13-23-24)22-12-16-8-9-25-14-16/h4-9,13-14,18,22H,10-12H2,1-3H3. The third-order valence-corrected chi connectivity index (χ3v) is 5.16. The van der Waals surface area contributed by atoms with Gasteiger partial charge in [-0.25, -0.2) is 4.68 Å². The molecule has 0 fully saturated rings. The van der Waals surface area contributed by atoms with Crippen molar-refractivity contribution in [3.8, 4) is 5.69 Å². The van der Waals surface area contributed by atoms with Gasteiger partial charge in [-0.05, 0) is 42.9 Å². The van der Waals surface area contributed by atoms with Crippen molar-refractivity contribution in [1.82, 2.24) is 15.1 Å². The number of nitrogens with one attached hydrogen (secondary N) is 1. The van der Waals surface area contributed by atoms with Gasteiger partial charge >= 0.3 is 0 Å². The highest BCUT2D eigenvalue weighted by atomic mass is 16.3. The van der Waals surface area contributed by atoms with Gasteiger partial charge in [-0.1, -0.05) is 32.0 Å². The maximum absolute atomic E-state index is 5.18. The average Bonchev–Trinajstić information content (AvgIpc) is 3.22. The molecule has 1 aliphatic rings. The van der Waals surface area contributed by atoms with Gasteiger partial charge in [0.1, 0.15) is 0 Å². The summed E-state index contributed by atoms with van der Waals surface area (Å²) < 4.78 is 7.32. The first-order valence-corrected chi connectivity index (χ1v) is 8.91. The molecule has 4 nitrogen and oxygen atoms in total. The fourth-order valence-corrected chi connectivity index (χ4v) is 3.87. The first-order chi connectivity index (χ1) is 12.0. The number of nitrogens with zero attached hydrogens (tertiary/aromatic N) is 2. The lowest BCUT2D eigenvalue weighted by Crippen LogP contribution is -2.33. The molecule has 0 saturated carbocycles. The summed E-state index contributed by atoms with van der Waals surface area (Å²) in [7, 11) is 0. The summed E-state index contributed by atoms with van der Waals surface area (Å²) in [5, 5.41) is 8.45. The largest absolute Gasteiger partial charge is 0.472 e. The van der Waals surface area contributed by atoms with Crippen LogP contribution in [0.5, 0.6) is 0 Å². The molecule has 0 amide bonds. The number of fused-ring (bicyclic) bond motifs is 1. The summed E-state index contributed by atoms with van der Waals surface area (Å²) in [5.74, 6) is 0. The van der Waals surface area contributed by atoms with E-state index in [4.69, 9.17) is 9.52 Å². The second-order valence-corrected chi connectivity index (χ2v) is 7.86. The van der Waals surface area contributed by atoms with E-state index in [-0.39, 0.29) is 5.41 Å². The summed E-state index contributed by atoms with van der Waals surface area (Å²) in [6.45, 7) is 7.65. The summed E-state index contributed by atoms with van der Waals surface area (Å²) in [6, 6.07) is 10.8. The van der Waals surface area contributed by atoms with Crippen LogP contribution in [0.1, 0.15) is 48.7 Å². The maximum atomic E-state index is 5.18. The Balaban J connectivity index is 1.68. The smallest absolute Gasteiger partial charge is 0.0947 e. The Kier molecular flexibility index (Phi) is 4.00. The second-order valence-electron chi connectivity index (χ2n) is 7.86. The van der Waals surface area contributed by atoms with Crippen molar-refractivity contribution in [2.24, 2.45) is 5.41 Å². The molecule has 4 heteroatoms. The minimum atomic E-state index is 0.238. The van der Waals surface area contributed by atoms with E-state index in [2.05, 4.69) is 55.0 Å². The Morgan fingerprint density at radius 1 is 1.28 bits per heavy atom. The van der Waals surface area contributed by atoms with Gasteiger partial charge in [0.05, 0.1) is 24.4 Å². The average molecular weight is 335 g/mol. The zero-order valence-electron chi connectivity index (χ0n) is 15.1. The molecule has 25 heavy (non-hydrogen) atoms. The lowest BCUT2D eigenvalue weighted by Gasteiger charge is -2.36. The number of rotatable bonds is 4. The molecule has 1 atom stereocenters. The van der Waals surface area contributed by atoms with E-state index in [0.29, 0.717) is 6.04 Å². The van der Waals surface area contributed by atoms with E-state index >= 15 is 0 Å². The van der Waals surface area contributed by atoms with E-state index in [9.17, 15) is 0 Å². The molecule has 130 valence electrons. The van der Waals surface area contributed by atoms with Crippen molar-refractivity contribution in [2.75, 3.05) is 0 Å². The minimum Gasteiger partial charge on any atom is -0.472 e. The van der Waals surface area contributed by atoms with E-state index in [1.807, 2.05) is 12.3 Å². The van der Waals surface area contributed by atoms with Crippen LogP contribution in [-0.2, 0) is 13.0 Å². The Morgan fingerprint density at radius 2 is 2.12 bits per heavy atom. The number of hydrogen-bond donors (Lipinski definition) is 1. The van der Waals surface area contributed by atoms with E-state index < -0.39 is 0 Å². The first kappa shape index (κ1) is 16.2. The van der Waals surface area contributed by atoms with Crippen LogP contribution < -0.4 is 5.32 Å². The van der Waals surface area contributed by atoms with Gasteiger partial charge in [-0.2, -0.15) is 5.10 Å². The van der Waals surface area contributed by atoms with Gasteiger partial charge in [-0.3, -0.25) is 0 Å². The zero-order chi connectivity index (χ0) is 17.4. The summed E-state index contributed by atoms with van der Waals surface area (Å²) in [6.07, 6.45) is 7.73. The van der Waals surface area contributed by atoms with Crippen molar-refractivity contribution < 1.29 is 4.42 Å². The first-order valence-electron chi connectivity index (χ1n) is 8.91. The number of para-hydroxylation sites is 1. The fraction of sp³-hybridized carbons (Fsp3) is 0.381. The van der Waals surface area contributed by atoms with Crippen LogP contribution in [0.4, 0.5) is 0 Å². The Morgan fingerprint density at radius 3 is 2.88 bits per heavy atom. The topological polar surface area (TPSA) is 43.0 Å². The van der Waals surface area contributed by atoms with Crippen molar-refractivity contribution in [3.05, 3.63) is 71.4 Å². The van der Waals surface area contributed by atoms with Crippen LogP contribution in [0.3, 0.4) is 0 Å². The van der Waals surface area contributed by atoms with Crippen molar-refractivity contribution in [1.29, 1.82) is 0 Å². The minimum absolute atomic E-state index is 0.238. The molecule has 0 aliphatic heterocycles. The molecular formula is C21H25N3O. The fourth-order valence-electron chi connectivity index (χ4n) is 3.87. The molecule has 1 aliphatic carbocycles. The molecular weight excluding hydrogens is 310 g/mol. The summed E-state index contributed by atoms with van der Waals surface area (Å²) in [5.41, 5.74) is 6.49. The number of aryl methyl sites for hydroxylation is 1. The highest BCUT2D eigenvalue weighted by molar-refractivity contribution is 5.43. The third kappa shape index (κ3) is 3.14. The zero-order valence-corrected chi connectivity index (χ0v) is 15.1. The monoisotopic (exact) mass is 335 g/mol. The molecule has 0 radical (unpaired) electrons. The quantitative estimate of drug-likeness (QED) is 0.759. The number of aromatic nitrogens is 2. The van der Waals surface area contributed by atoms with E-state index in [0.717, 1.165) is 19.4 Å². The van der Waals surface area contributed by atoms with Gasteiger partial charge in [0.15, 0.2) is 0 Å². The Hall–Kier alpha value is -2.33. The summed E-state index contributed by atoms with van der Waals surface area (Å²) >= 11 is 0.